The van der Waals surface area contributed by atoms with Crippen LogP contribution in [0.3, 0.4) is 0 Å². The molecule has 0 bridgehead atoms. The molecule has 0 saturated heterocycles. The van der Waals surface area contributed by atoms with E-state index in [1.807, 2.05) is 0 Å². The Labute approximate surface area is 129 Å². The Balaban J connectivity index is 0.00000110. The molecule has 0 unspecified atom stereocenters. The maximum Gasteiger partial charge on any atom is -0.0155 e. The lowest BCUT2D eigenvalue weighted by Gasteiger charge is -2.08. The number of hydrogen-bond donors (Lipinski definition) is 0. The summed E-state index contributed by atoms with van der Waals surface area (Å²) in [7, 11) is 0. The summed E-state index contributed by atoms with van der Waals surface area (Å²) < 4.78 is 0. The molecule has 3 aromatic rings. The molecule has 0 heterocycles. The number of hydrogen-bond acceptors (Lipinski definition) is 0. The van der Waals surface area contributed by atoms with Gasteiger partial charge in [-0.05, 0) is 40.8 Å². The van der Waals surface area contributed by atoms with Crippen LogP contribution in [0.2, 0.25) is 0 Å². The molecule has 0 aliphatic heterocycles. The highest BCUT2D eigenvalue weighted by atomic mass is 14.1. The summed E-state index contributed by atoms with van der Waals surface area (Å²) in [6.07, 6.45) is 0. The summed E-state index contributed by atoms with van der Waals surface area (Å²) >= 11 is 0. The van der Waals surface area contributed by atoms with Crippen molar-refractivity contribution in [1.82, 2.24) is 0 Å². The van der Waals surface area contributed by atoms with Crippen molar-refractivity contribution in [3.63, 3.8) is 0 Å². The first-order chi connectivity index (χ1) is 9.34. The number of rotatable bonds is 2. The molecule has 0 aliphatic rings. The van der Waals surface area contributed by atoms with Crippen molar-refractivity contribution in [2.75, 3.05) is 0 Å². The van der Waals surface area contributed by atoms with Gasteiger partial charge < -0.3 is 0 Å². The van der Waals surface area contributed by atoms with Crippen molar-refractivity contribution < 1.29 is 0 Å². The van der Waals surface area contributed by atoms with Crippen LogP contribution >= 0.6 is 0 Å². The molecular formula is C21H24. The van der Waals surface area contributed by atoms with Crippen LogP contribution in [-0.4, -0.2) is 0 Å². The lowest BCUT2D eigenvalue weighted by molar-refractivity contribution is 1.46. The summed E-state index contributed by atoms with van der Waals surface area (Å²) in [5, 5.41) is 0. The monoisotopic (exact) mass is 276 g/mol. The predicted molar refractivity (Wildman–Crippen MR) is 95.5 cm³/mol. The molecule has 0 atom stereocenters. The van der Waals surface area contributed by atoms with Gasteiger partial charge >= 0.3 is 0 Å². The molecule has 108 valence electrons. The van der Waals surface area contributed by atoms with Gasteiger partial charge in [-0.3, -0.25) is 0 Å². The van der Waals surface area contributed by atoms with Crippen molar-refractivity contribution in [3.05, 3.63) is 84.4 Å². The molecule has 0 radical (unpaired) electrons. The van der Waals surface area contributed by atoms with Gasteiger partial charge in [-0.15, -0.1) is 0 Å². The van der Waals surface area contributed by atoms with Crippen molar-refractivity contribution in [3.8, 4) is 22.3 Å². The van der Waals surface area contributed by atoms with Crippen molar-refractivity contribution in [2.24, 2.45) is 0 Å². The van der Waals surface area contributed by atoms with Crippen molar-refractivity contribution in [2.45, 2.75) is 21.8 Å². The molecule has 0 N–H and O–H groups in total. The molecule has 21 heavy (non-hydrogen) atoms. The van der Waals surface area contributed by atoms with Gasteiger partial charge in [0.25, 0.3) is 0 Å². The third-order valence-corrected chi connectivity index (χ3v) is 3.43. The molecule has 0 aromatic heterocycles. The second kappa shape index (κ2) is 7.44. The molecule has 0 aliphatic carbocycles. The Hall–Kier alpha value is -2.34. The van der Waals surface area contributed by atoms with E-state index in [-0.39, 0.29) is 14.9 Å². The Morgan fingerprint density at radius 1 is 0.524 bits per heavy atom. The van der Waals surface area contributed by atoms with Gasteiger partial charge in [-0.1, -0.05) is 87.6 Å². The SMILES string of the molecule is C.C.Cc1ccccc1-c1cccc(-c2ccccc2)c1. The molecular weight excluding hydrogens is 252 g/mol. The van der Waals surface area contributed by atoms with Gasteiger partial charge in [0.1, 0.15) is 0 Å². The molecule has 3 rings (SSSR count). The van der Waals surface area contributed by atoms with Crippen molar-refractivity contribution >= 4 is 0 Å². The van der Waals surface area contributed by atoms with Crippen LogP contribution in [0.5, 0.6) is 0 Å². The highest BCUT2D eigenvalue weighted by Crippen LogP contribution is 2.28. The summed E-state index contributed by atoms with van der Waals surface area (Å²) in [6.45, 7) is 2.16. The standard InChI is InChI=1S/C19H16.2CH4/c1-15-8-5-6-13-19(15)18-12-7-11-17(14-18)16-9-3-2-4-10-16;;/h2-14H,1H3;2*1H4. The minimum atomic E-state index is 0. The zero-order valence-corrected chi connectivity index (χ0v) is 11.0. The topological polar surface area (TPSA) is 0 Å². The Kier molecular flexibility index (Phi) is 5.92. The first kappa shape index (κ1) is 16.7. The van der Waals surface area contributed by atoms with Crippen LogP contribution in [-0.2, 0) is 0 Å². The van der Waals surface area contributed by atoms with Gasteiger partial charge in [0.15, 0.2) is 0 Å². The normalized spacial score (nSPS) is 9.38. The molecule has 0 saturated carbocycles. The first-order valence-electron chi connectivity index (χ1n) is 6.56. The van der Waals surface area contributed by atoms with E-state index in [0.29, 0.717) is 0 Å². The van der Waals surface area contributed by atoms with Crippen molar-refractivity contribution in [1.29, 1.82) is 0 Å². The van der Waals surface area contributed by atoms with E-state index in [2.05, 4.69) is 85.8 Å². The zero-order valence-electron chi connectivity index (χ0n) is 11.0. The third-order valence-electron chi connectivity index (χ3n) is 3.43. The van der Waals surface area contributed by atoms with E-state index in [4.69, 9.17) is 0 Å². The summed E-state index contributed by atoms with van der Waals surface area (Å²) in [4.78, 5) is 0. The van der Waals surface area contributed by atoms with Gasteiger partial charge in [0, 0.05) is 0 Å². The summed E-state index contributed by atoms with van der Waals surface area (Å²) in [5.74, 6) is 0. The summed E-state index contributed by atoms with van der Waals surface area (Å²) in [5.41, 5.74) is 6.42. The lowest BCUT2D eigenvalue weighted by atomic mass is 9.96. The van der Waals surface area contributed by atoms with E-state index >= 15 is 0 Å². The number of aryl methyl sites for hydroxylation is 1. The summed E-state index contributed by atoms with van der Waals surface area (Å²) in [6, 6.07) is 27.8. The van der Waals surface area contributed by atoms with Crippen LogP contribution in [0.1, 0.15) is 20.4 Å². The fourth-order valence-electron chi connectivity index (χ4n) is 2.39. The van der Waals surface area contributed by atoms with E-state index in [9.17, 15) is 0 Å². The first-order valence-corrected chi connectivity index (χ1v) is 6.56. The molecule has 0 heteroatoms. The van der Waals surface area contributed by atoms with Gasteiger partial charge in [-0.2, -0.15) is 0 Å². The van der Waals surface area contributed by atoms with E-state index < -0.39 is 0 Å². The minimum absolute atomic E-state index is 0. The van der Waals surface area contributed by atoms with Crippen LogP contribution in [0.25, 0.3) is 22.3 Å². The second-order valence-corrected chi connectivity index (χ2v) is 4.76. The van der Waals surface area contributed by atoms with Gasteiger partial charge in [0.2, 0.25) is 0 Å². The molecule has 0 amide bonds. The Bertz CT molecular complexity index is 681. The highest BCUT2D eigenvalue weighted by Gasteiger charge is 2.03. The van der Waals surface area contributed by atoms with Gasteiger partial charge in [0.05, 0.1) is 0 Å². The largest absolute Gasteiger partial charge is 0.0776 e. The predicted octanol–water partition coefficient (Wildman–Crippen LogP) is 6.60. The smallest absolute Gasteiger partial charge is 0.0155 e. The van der Waals surface area contributed by atoms with Gasteiger partial charge in [-0.25, -0.2) is 0 Å². The molecule has 0 fully saturated rings. The third kappa shape index (κ3) is 3.61. The average Bonchev–Trinajstić information content (AvgIpc) is 2.49. The quantitative estimate of drug-likeness (QED) is 0.494. The second-order valence-electron chi connectivity index (χ2n) is 4.76. The maximum absolute atomic E-state index is 2.26. The lowest BCUT2D eigenvalue weighted by Crippen LogP contribution is -1.84. The number of benzene rings is 3. The molecule has 0 spiro atoms. The van der Waals surface area contributed by atoms with Crippen LogP contribution in [0.15, 0.2) is 78.9 Å². The fourth-order valence-corrected chi connectivity index (χ4v) is 2.39. The fraction of sp³-hybridized carbons (Fsp3) is 0.143. The van der Waals surface area contributed by atoms with Crippen LogP contribution in [0, 0.1) is 6.92 Å². The van der Waals surface area contributed by atoms with Crippen LogP contribution in [0.4, 0.5) is 0 Å². The highest BCUT2D eigenvalue weighted by molar-refractivity contribution is 5.74. The van der Waals surface area contributed by atoms with E-state index in [1.54, 1.807) is 0 Å². The minimum Gasteiger partial charge on any atom is -0.0776 e. The van der Waals surface area contributed by atoms with E-state index in [0.717, 1.165) is 0 Å². The average molecular weight is 276 g/mol. The molecule has 3 aromatic carbocycles. The maximum atomic E-state index is 2.26. The zero-order chi connectivity index (χ0) is 13.1. The Morgan fingerprint density at radius 3 is 1.81 bits per heavy atom. The molecule has 0 nitrogen and oxygen atoms in total. The Morgan fingerprint density at radius 2 is 1.10 bits per heavy atom. The van der Waals surface area contributed by atoms with E-state index in [1.165, 1.54) is 27.8 Å². The van der Waals surface area contributed by atoms with Crippen LogP contribution < -0.4 is 0 Å².